The Balaban J connectivity index is 1.63. The number of Topliss-reactive ketones (excluding diaryl/α,β-unsaturated/α-hetero) is 1. The molecule has 0 N–H and O–H groups in total. The zero-order valence-electron chi connectivity index (χ0n) is 14.1. The van der Waals surface area contributed by atoms with Crippen LogP contribution in [0.4, 0.5) is 0 Å². The second kappa shape index (κ2) is 6.80. The number of rotatable bonds is 4. The fraction of sp³-hybridized carbons (Fsp3) is 0.100. The summed E-state index contributed by atoms with van der Waals surface area (Å²) >= 11 is 3.51. The van der Waals surface area contributed by atoms with Crippen molar-refractivity contribution in [2.75, 3.05) is 0 Å². The number of halogens is 1. The number of fused-ring (bicyclic) bond motifs is 1. The van der Waals surface area contributed by atoms with E-state index < -0.39 is 0 Å². The van der Waals surface area contributed by atoms with Crippen LogP contribution in [0.3, 0.4) is 0 Å². The highest BCUT2D eigenvalue weighted by Crippen LogP contribution is 2.22. The molecule has 0 aliphatic rings. The van der Waals surface area contributed by atoms with E-state index in [0.29, 0.717) is 11.4 Å². The van der Waals surface area contributed by atoms with E-state index in [4.69, 9.17) is 0 Å². The molecule has 4 rings (SSSR count). The van der Waals surface area contributed by atoms with Crippen LogP contribution in [-0.2, 0) is 6.42 Å². The van der Waals surface area contributed by atoms with E-state index in [-0.39, 0.29) is 12.2 Å². The Morgan fingerprint density at radius 1 is 1.04 bits per heavy atom. The van der Waals surface area contributed by atoms with Gasteiger partial charge in [-0.1, -0.05) is 41.6 Å². The maximum absolute atomic E-state index is 12.7. The average Bonchev–Trinajstić information content (AvgIpc) is 3.03. The van der Waals surface area contributed by atoms with Crippen LogP contribution in [0.5, 0.6) is 0 Å². The summed E-state index contributed by atoms with van der Waals surface area (Å²) < 4.78 is 2.56. The summed E-state index contributed by atoms with van der Waals surface area (Å²) in [5.74, 6) is -0.0939. The number of para-hydroxylation sites is 2. The number of benzene rings is 2. The van der Waals surface area contributed by atoms with Crippen molar-refractivity contribution < 1.29 is 4.79 Å². The minimum Gasteiger partial charge on any atom is -0.292 e. The molecule has 0 unspecified atom stereocenters. The Labute approximate surface area is 158 Å². The van der Waals surface area contributed by atoms with Gasteiger partial charge in [-0.2, -0.15) is 0 Å². The van der Waals surface area contributed by atoms with Crippen molar-refractivity contribution in [3.63, 3.8) is 0 Å². The highest BCUT2D eigenvalue weighted by molar-refractivity contribution is 9.10. The van der Waals surface area contributed by atoms with Gasteiger partial charge in [-0.25, -0.2) is 4.68 Å². The van der Waals surface area contributed by atoms with Gasteiger partial charge in [-0.3, -0.25) is 9.78 Å². The number of pyridine rings is 1. The Morgan fingerprint density at radius 3 is 2.65 bits per heavy atom. The molecule has 6 heteroatoms. The first-order chi connectivity index (χ1) is 12.6. The highest BCUT2D eigenvalue weighted by atomic mass is 79.9. The number of ketones is 1. The molecule has 2 heterocycles. The van der Waals surface area contributed by atoms with Gasteiger partial charge in [0.25, 0.3) is 0 Å². The Hall–Kier alpha value is -2.86. The first-order valence-corrected chi connectivity index (χ1v) is 8.98. The third-order valence-corrected chi connectivity index (χ3v) is 4.91. The van der Waals surface area contributed by atoms with Gasteiger partial charge in [0.2, 0.25) is 0 Å². The van der Waals surface area contributed by atoms with Crippen molar-refractivity contribution >= 4 is 32.6 Å². The molecule has 0 aliphatic heterocycles. The zero-order chi connectivity index (χ0) is 18.1. The molecular weight excluding hydrogens is 392 g/mol. The minimum atomic E-state index is -0.0939. The molecule has 5 nitrogen and oxygen atoms in total. The molecule has 0 saturated heterocycles. The number of carbonyl (C=O) groups excluding carboxylic acids is 1. The fourth-order valence-electron chi connectivity index (χ4n) is 2.89. The maximum Gasteiger partial charge on any atom is 0.190 e. The lowest BCUT2D eigenvalue weighted by Gasteiger charge is -2.06. The van der Waals surface area contributed by atoms with Gasteiger partial charge in [0, 0.05) is 15.6 Å². The first kappa shape index (κ1) is 16.6. The predicted molar refractivity (Wildman–Crippen MR) is 104 cm³/mol. The van der Waals surface area contributed by atoms with Crippen LogP contribution >= 0.6 is 15.9 Å². The molecule has 4 aromatic rings. The third kappa shape index (κ3) is 3.04. The highest BCUT2D eigenvalue weighted by Gasteiger charge is 2.19. The number of hydrogen-bond donors (Lipinski definition) is 0. The molecule has 2 aromatic carbocycles. The fourth-order valence-corrected chi connectivity index (χ4v) is 3.35. The molecule has 0 radical (unpaired) electrons. The van der Waals surface area contributed by atoms with E-state index in [1.165, 1.54) is 0 Å². The topological polar surface area (TPSA) is 60.7 Å². The van der Waals surface area contributed by atoms with Crippen LogP contribution in [0.25, 0.3) is 16.6 Å². The van der Waals surface area contributed by atoms with Gasteiger partial charge >= 0.3 is 0 Å². The number of aromatic nitrogens is 4. The van der Waals surface area contributed by atoms with Crippen molar-refractivity contribution in [2.24, 2.45) is 0 Å². The molecular formula is C20H15BrN4O. The molecule has 0 aliphatic carbocycles. The number of carbonyl (C=O) groups is 1. The van der Waals surface area contributed by atoms with Gasteiger partial charge in [-0.05, 0) is 47.1 Å². The molecule has 0 fully saturated rings. The molecule has 26 heavy (non-hydrogen) atoms. The number of hydrogen-bond acceptors (Lipinski definition) is 4. The second-order valence-electron chi connectivity index (χ2n) is 5.98. The summed E-state index contributed by atoms with van der Waals surface area (Å²) in [5, 5.41) is 9.32. The largest absolute Gasteiger partial charge is 0.292 e. The number of nitrogens with zero attached hydrogens (tertiary/aromatic N) is 4. The van der Waals surface area contributed by atoms with E-state index in [0.717, 1.165) is 26.8 Å². The Bertz CT molecular complexity index is 1120. The van der Waals surface area contributed by atoms with Crippen LogP contribution in [0.2, 0.25) is 0 Å². The third-order valence-electron chi connectivity index (χ3n) is 4.24. The summed E-state index contributed by atoms with van der Waals surface area (Å²) in [5.41, 5.74) is 3.54. The summed E-state index contributed by atoms with van der Waals surface area (Å²) in [6, 6.07) is 19.4. The average molecular weight is 407 g/mol. The lowest BCUT2D eigenvalue weighted by molar-refractivity contribution is 0.0986. The van der Waals surface area contributed by atoms with Gasteiger partial charge in [-0.15, -0.1) is 5.10 Å². The predicted octanol–water partition coefficient (Wildman–Crippen LogP) is 4.31. The molecule has 0 amide bonds. The van der Waals surface area contributed by atoms with E-state index >= 15 is 0 Å². The van der Waals surface area contributed by atoms with Crippen molar-refractivity contribution in [3.05, 3.63) is 82.2 Å². The summed E-state index contributed by atoms with van der Waals surface area (Å²) in [6.45, 7) is 1.85. The molecule has 2 aromatic heterocycles. The van der Waals surface area contributed by atoms with Crippen molar-refractivity contribution in [2.45, 2.75) is 13.3 Å². The maximum atomic E-state index is 12.7. The van der Waals surface area contributed by atoms with Crippen LogP contribution in [-0.4, -0.2) is 25.8 Å². The van der Waals surface area contributed by atoms with Crippen molar-refractivity contribution in [1.29, 1.82) is 0 Å². The smallest absolute Gasteiger partial charge is 0.190 e. The summed E-state index contributed by atoms with van der Waals surface area (Å²) in [7, 11) is 0. The standard InChI is InChI=1S/C20H15BrN4O/c1-13-20(23-24-25(13)18-9-5-3-7-16(18)21)19(26)12-15-11-10-14-6-2-4-8-17(14)22-15/h2-11H,12H2,1H3. The van der Waals surface area contributed by atoms with Crippen molar-refractivity contribution in [1.82, 2.24) is 20.0 Å². The quantitative estimate of drug-likeness (QED) is 0.473. The van der Waals surface area contributed by atoms with Crippen LogP contribution in [0, 0.1) is 6.92 Å². The molecule has 0 atom stereocenters. The lowest BCUT2D eigenvalue weighted by Crippen LogP contribution is -2.08. The van der Waals surface area contributed by atoms with Crippen LogP contribution in [0.15, 0.2) is 65.1 Å². The lowest BCUT2D eigenvalue weighted by atomic mass is 10.1. The molecule has 0 saturated carbocycles. The van der Waals surface area contributed by atoms with Crippen LogP contribution in [0.1, 0.15) is 21.9 Å². The van der Waals surface area contributed by atoms with Gasteiger partial charge in [0.15, 0.2) is 11.5 Å². The van der Waals surface area contributed by atoms with Gasteiger partial charge < -0.3 is 0 Å². The minimum absolute atomic E-state index is 0.0939. The van der Waals surface area contributed by atoms with E-state index in [9.17, 15) is 4.79 Å². The SMILES string of the molecule is Cc1c(C(=O)Cc2ccc3ccccc3n2)nnn1-c1ccccc1Br. The van der Waals surface area contributed by atoms with E-state index in [2.05, 4.69) is 31.2 Å². The second-order valence-corrected chi connectivity index (χ2v) is 6.84. The molecule has 0 bridgehead atoms. The normalized spacial score (nSPS) is 11.0. The van der Waals surface area contributed by atoms with E-state index in [1.54, 1.807) is 4.68 Å². The van der Waals surface area contributed by atoms with Gasteiger partial charge in [0.05, 0.1) is 23.3 Å². The van der Waals surface area contributed by atoms with Crippen molar-refractivity contribution in [3.8, 4) is 5.69 Å². The van der Waals surface area contributed by atoms with Gasteiger partial charge in [0.1, 0.15) is 0 Å². The summed E-state index contributed by atoms with van der Waals surface area (Å²) in [6.07, 6.45) is 0.195. The Kier molecular flexibility index (Phi) is 4.34. The molecule has 0 spiro atoms. The first-order valence-electron chi connectivity index (χ1n) is 8.18. The monoisotopic (exact) mass is 406 g/mol. The Morgan fingerprint density at radius 2 is 1.81 bits per heavy atom. The molecule has 128 valence electrons. The van der Waals surface area contributed by atoms with Crippen LogP contribution < -0.4 is 0 Å². The van der Waals surface area contributed by atoms with E-state index in [1.807, 2.05) is 67.6 Å². The zero-order valence-corrected chi connectivity index (χ0v) is 15.6. The summed E-state index contributed by atoms with van der Waals surface area (Å²) in [4.78, 5) is 17.3.